The van der Waals surface area contributed by atoms with Crippen molar-refractivity contribution in [1.29, 1.82) is 5.26 Å². The Kier molecular flexibility index (Phi) is 9.09. The van der Waals surface area contributed by atoms with Crippen molar-refractivity contribution >= 4 is 22.9 Å². The summed E-state index contributed by atoms with van der Waals surface area (Å²) in [6.45, 7) is 5.95. The van der Waals surface area contributed by atoms with Gasteiger partial charge in [-0.25, -0.2) is 0 Å². The standard InChI is InChI=1S/C28H38N8O2/c1-16-5-6-18(17(11-16)13-29)24(30-2)19-12-20(27(37)21-14-33-7-9-35-21)25(31-3)26(32-4)23(19)28(38)22-15-34-8-10-36-22/h5-6,11-12,21-22,24,30-36H,7-10,14-15H2,1-4H3. The van der Waals surface area contributed by atoms with Crippen molar-refractivity contribution in [2.45, 2.75) is 25.0 Å². The highest BCUT2D eigenvalue weighted by Gasteiger charge is 2.34. The molecule has 2 saturated heterocycles. The fourth-order valence-electron chi connectivity index (χ4n) is 5.44. The van der Waals surface area contributed by atoms with Crippen LogP contribution in [-0.2, 0) is 0 Å². The van der Waals surface area contributed by atoms with E-state index in [-0.39, 0.29) is 17.6 Å². The van der Waals surface area contributed by atoms with Crippen molar-refractivity contribution in [3.05, 3.63) is 57.6 Å². The van der Waals surface area contributed by atoms with Gasteiger partial charge < -0.3 is 37.2 Å². The lowest BCUT2D eigenvalue weighted by Gasteiger charge is -2.31. The lowest BCUT2D eigenvalue weighted by Crippen LogP contribution is -2.53. The molecule has 202 valence electrons. The van der Waals surface area contributed by atoms with Gasteiger partial charge in [0.2, 0.25) is 0 Å². The van der Waals surface area contributed by atoms with Crippen LogP contribution in [0.15, 0.2) is 24.3 Å². The molecule has 0 aliphatic carbocycles. The Bertz CT molecular complexity index is 1230. The van der Waals surface area contributed by atoms with Crippen molar-refractivity contribution in [2.75, 3.05) is 71.0 Å². The summed E-state index contributed by atoms with van der Waals surface area (Å²) in [5, 5.41) is 32.9. The van der Waals surface area contributed by atoms with Gasteiger partial charge >= 0.3 is 0 Å². The van der Waals surface area contributed by atoms with Crippen LogP contribution in [0.4, 0.5) is 11.4 Å². The van der Waals surface area contributed by atoms with E-state index in [0.717, 1.165) is 24.2 Å². The second-order valence-electron chi connectivity index (χ2n) is 9.71. The molecule has 2 aromatic rings. The molecule has 0 radical (unpaired) electrons. The zero-order chi connectivity index (χ0) is 27.2. The third-order valence-corrected chi connectivity index (χ3v) is 7.32. The van der Waals surface area contributed by atoms with Crippen LogP contribution in [0.25, 0.3) is 0 Å². The number of rotatable bonds is 9. The summed E-state index contributed by atoms with van der Waals surface area (Å²) in [6.07, 6.45) is 0. The molecule has 4 rings (SSSR count). The summed E-state index contributed by atoms with van der Waals surface area (Å²) in [5.74, 6) is -0.134. The van der Waals surface area contributed by atoms with Crippen LogP contribution in [0.3, 0.4) is 0 Å². The number of ketones is 2. The molecule has 2 aliphatic heterocycles. The van der Waals surface area contributed by atoms with E-state index in [0.29, 0.717) is 59.8 Å². The summed E-state index contributed by atoms with van der Waals surface area (Å²) >= 11 is 0. The van der Waals surface area contributed by atoms with Gasteiger partial charge in [0, 0.05) is 64.5 Å². The van der Waals surface area contributed by atoms with Gasteiger partial charge in [0.15, 0.2) is 11.6 Å². The molecule has 2 aromatic carbocycles. The minimum atomic E-state index is -0.497. The first-order valence-corrected chi connectivity index (χ1v) is 13.2. The first-order chi connectivity index (χ1) is 18.4. The van der Waals surface area contributed by atoms with E-state index in [4.69, 9.17) is 0 Å². The molecular formula is C28H38N8O2. The SMILES string of the molecule is CNc1c(C(=O)C2CNCCN2)cc(C(NC)c2ccc(C)cc2C#N)c(C(=O)C2CNCCN2)c1NC. The Hall–Kier alpha value is -3.33. The molecule has 0 bridgehead atoms. The number of nitriles is 1. The van der Waals surface area contributed by atoms with E-state index in [1.165, 1.54) is 0 Å². The maximum Gasteiger partial charge on any atom is 0.183 e. The summed E-state index contributed by atoms with van der Waals surface area (Å²) < 4.78 is 0. The average molecular weight is 519 g/mol. The normalized spacial score (nSPS) is 20.3. The number of nitrogens with one attached hydrogen (secondary N) is 7. The number of aryl methyl sites for hydroxylation is 1. The van der Waals surface area contributed by atoms with E-state index in [1.807, 2.05) is 31.2 Å². The summed E-state index contributed by atoms with van der Waals surface area (Å²) in [7, 11) is 5.33. The topological polar surface area (TPSA) is 142 Å². The largest absolute Gasteiger partial charge is 0.386 e. The molecule has 10 heteroatoms. The van der Waals surface area contributed by atoms with Gasteiger partial charge in [-0.2, -0.15) is 5.26 Å². The Morgan fingerprint density at radius 2 is 1.53 bits per heavy atom. The molecule has 2 fully saturated rings. The smallest absolute Gasteiger partial charge is 0.183 e. The van der Waals surface area contributed by atoms with Gasteiger partial charge in [0.25, 0.3) is 0 Å². The molecule has 0 amide bonds. The van der Waals surface area contributed by atoms with Crippen LogP contribution in [0.5, 0.6) is 0 Å². The maximum absolute atomic E-state index is 14.1. The summed E-state index contributed by atoms with van der Waals surface area (Å²) in [4.78, 5) is 28.0. The Balaban J connectivity index is 1.97. The molecule has 7 N–H and O–H groups in total. The minimum Gasteiger partial charge on any atom is -0.386 e. The molecular weight excluding hydrogens is 480 g/mol. The second kappa shape index (κ2) is 12.5. The molecule has 3 unspecified atom stereocenters. The van der Waals surface area contributed by atoms with Crippen molar-refractivity contribution in [1.82, 2.24) is 26.6 Å². The van der Waals surface area contributed by atoms with Crippen molar-refractivity contribution in [3.63, 3.8) is 0 Å². The van der Waals surface area contributed by atoms with Crippen LogP contribution < -0.4 is 37.2 Å². The highest BCUT2D eigenvalue weighted by Crippen LogP contribution is 2.39. The molecule has 38 heavy (non-hydrogen) atoms. The number of piperazine rings is 2. The van der Waals surface area contributed by atoms with Crippen LogP contribution in [0.1, 0.15) is 49.0 Å². The highest BCUT2D eigenvalue weighted by atomic mass is 16.1. The van der Waals surface area contributed by atoms with Crippen molar-refractivity contribution in [2.24, 2.45) is 0 Å². The Morgan fingerprint density at radius 1 is 0.895 bits per heavy atom. The lowest BCUT2D eigenvalue weighted by molar-refractivity contribution is 0.0923. The summed E-state index contributed by atoms with van der Waals surface area (Å²) in [6, 6.07) is 8.56. The first-order valence-electron chi connectivity index (χ1n) is 13.2. The number of benzene rings is 2. The number of carbonyl (C=O) groups is 2. The van der Waals surface area contributed by atoms with E-state index in [1.54, 1.807) is 21.1 Å². The summed E-state index contributed by atoms with van der Waals surface area (Å²) in [5.41, 5.74) is 5.04. The zero-order valence-electron chi connectivity index (χ0n) is 22.5. The average Bonchev–Trinajstić information content (AvgIpc) is 2.97. The van der Waals surface area contributed by atoms with E-state index in [2.05, 4.69) is 43.3 Å². The fourth-order valence-corrected chi connectivity index (χ4v) is 5.44. The first kappa shape index (κ1) is 27.7. The van der Waals surface area contributed by atoms with E-state index >= 15 is 0 Å². The number of Topliss-reactive ketones (excluding diaryl/α,β-unsaturated/α-hetero) is 2. The van der Waals surface area contributed by atoms with Gasteiger partial charge in [-0.3, -0.25) is 9.59 Å². The van der Waals surface area contributed by atoms with Gasteiger partial charge in [0.05, 0.1) is 41.1 Å². The number of hydrogen-bond donors (Lipinski definition) is 7. The van der Waals surface area contributed by atoms with Gasteiger partial charge in [0.1, 0.15) is 0 Å². The third-order valence-electron chi connectivity index (χ3n) is 7.32. The monoisotopic (exact) mass is 518 g/mol. The van der Waals surface area contributed by atoms with Crippen molar-refractivity contribution < 1.29 is 9.59 Å². The molecule has 0 saturated carbocycles. The van der Waals surface area contributed by atoms with Crippen LogP contribution in [0, 0.1) is 18.3 Å². The fraction of sp³-hybridized carbons (Fsp3) is 0.464. The molecule has 0 spiro atoms. The number of carbonyl (C=O) groups excluding carboxylic acids is 2. The van der Waals surface area contributed by atoms with Crippen molar-refractivity contribution in [3.8, 4) is 6.07 Å². The quantitative estimate of drug-likeness (QED) is 0.238. The minimum absolute atomic E-state index is 0.0602. The van der Waals surface area contributed by atoms with Gasteiger partial charge in [-0.05, 0) is 42.8 Å². The van der Waals surface area contributed by atoms with Crippen LogP contribution in [0.2, 0.25) is 0 Å². The van der Waals surface area contributed by atoms with Gasteiger partial charge in [-0.15, -0.1) is 0 Å². The molecule has 10 nitrogen and oxygen atoms in total. The van der Waals surface area contributed by atoms with E-state index in [9.17, 15) is 14.9 Å². The molecule has 3 atom stereocenters. The molecule has 0 aromatic heterocycles. The van der Waals surface area contributed by atoms with Crippen LogP contribution in [-0.4, -0.2) is 84.1 Å². The van der Waals surface area contributed by atoms with Gasteiger partial charge in [-0.1, -0.05) is 12.1 Å². The molecule has 2 aliphatic rings. The Morgan fingerprint density at radius 3 is 2.05 bits per heavy atom. The zero-order valence-corrected chi connectivity index (χ0v) is 22.5. The predicted octanol–water partition coefficient (Wildman–Crippen LogP) is 0.747. The third kappa shape index (κ3) is 5.43. The second-order valence-corrected chi connectivity index (χ2v) is 9.71. The van der Waals surface area contributed by atoms with Crippen LogP contribution >= 0.6 is 0 Å². The Labute approximate surface area is 224 Å². The lowest BCUT2D eigenvalue weighted by atomic mass is 9.84. The number of nitrogens with zero attached hydrogens (tertiary/aromatic N) is 1. The predicted molar refractivity (Wildman–Crippen MR) is 150 cm³/mol. The highest BCUT2D eigenvalue weighted by molar-refractivity contribution is 6.14. The number of anilines is 2. The molecule has 2 heterocycles. The van der Waals surface area contributed by atoms with E-state index < -0.39 is 12.1 Å². The number of hydrogen-bond acceptors (Lipinski definition) is 10. The maximum atomic E-state index is 14.1.